The second kappa shape index (κ2) is 9.28. The third-order valence-electron chi connectivity index (χ3n) is 6.03. The van der Waals surface area contributed by atoms with E-state index < -0.39 is 23.9 Å². The molecule has 8 nitrogen and oxygen atoms in total. The molecule has 2 aliphatic heterocycles. The van der Waals surface area contributed by atoms with Crippen LogP contribution in [-0.2, 0) is 4.79 Å². The molecule has 0 bridgehead atoms. The van der Waals surface area contributed by atoms with Gasteiger partial charge < -0.3 is 24.7 Å². The van der Waals surface area contributed by atoms with Crippen molar-refractivity contribution in [2.45, 2.75) is 31.2 Å². The van der Waals surface area contributed by atoms with Crippen LogP contribution in [0.3, 0.4) is 0 Å². The smallest absolute Gasteiger partial charge is 0.406 e. The fraction of sp³-hybridized carbons (Fsp3) is 0.348. The minimum Gasteiger partial charge on any atom is -0.406 e. The van der Waals surface area contributed by atoms with Crippen LogP contribution in [0.1, 0.15) is 24.3 Å². The molecule has 2 aromatic carbocycles. The summed E-state index contributed by atoms with van der Waals surface area (Å²) in [6, 6.07) is 7.39. The lowest BCUT2D eigenvalue weighted by molar-refractivity contribution is -0.274. The number of rotatable bonds is 6. The first kappa shape index (κ1) is 23.8. The first-order valence-electron chi connectivity index (χ1n) is 11.1. The fourth-order valence-electron chi connectivity index (χ4n) is 4.29. The second-order valence-corrected chi connectivity index (χ2v) is 8.54. The van der Waals surface area contributed by atoms with E-state index in [-0.39, 0.29) is 35.2 Å². The zero-order valence-corrected chi connectivity index (χ0v) is 18.6. The normalized spacial score (nSPS) is 18.5. The molecule has 1 atom stereocenters. The van der Waals surface area contributed by atoms with Gasteiger partial charge in [-0.3, -0.25) is 4.79 Å². The van der Waals surface area contributed by atoms with Gasteiger partial charge in [-0.25, -0.2) is 8.78 Å². The monoisotopic (exact) mass is 509 g/mol. The Labute approximate surface area is 201 Å². The van der Waals surface area contributed by atoms with Crippen molar-refractivity contribution in [2.24, 2.45) is 0 Å². The van der Waals surface area contributed by atoms with E-state index in [0.29, 0.717) is 43.7 Å². The van der Waals surface area contributed by atoms with Crippen molar-refractivity contribution in [3.8, 4) is 17.2 Å². The highest BCUT2D eigenvalue weighted by Crippen LogP contribution is 2.34. The van der Waals surface area contributed by atoms with Crippen molar-refractivity contribution in [3.05, 3.63) is 53.6 Å². The number of aromatic nitrogens is 2. The highest BCUT2D eigenvalue weighted by Gasteiger charge is 2.33. The minimum absolute atomic E-state index is 0.0960. The Morgan fingerprint density at radius 1 is 1.08 bits per heavy atom. The predicted molar refractivity (Wildman–Crippen MR) is 117 cm³/mol. The summed E-state index contributed by atoms with van der Waals surface area (Å²) >= 11 is 0. The van der Waals surface area contributed by atoms with E-state index in [1.165, 1.54) is 24.3 Å². The third-order valence-corrected chi connectivity index (χ3v) is 6.03. The average molecular weight is 509 g/mol. The van der Waals surface area contributed by atoms with Gasteiger partial charge in [0.2, 0.25) is 11.8 Å². The number of nitrogens with zero attached hydrogens (tertiary/aromatic N) is 3. The van der Waals surface area contributed by atoms with Gasteiger partial charge in [0.15, 0.2) is 0 Å². The molecule has 2 saturated heterocycles. The second-order valence-electron chi connectivity index (χ2n) is 8.54. The fourth-order valence-corrected chi connectivity index (χ4v) is 4.29. The van der Waals surface area contributed by atoms with E-state index >= 15 is 0 Å². The molecule has 1 unspecified atom stereocenters. The number of amides is 1. The summed E-state index contributed by atoms with van der Waals surface area (Å²) < 4.78 is 75.7. The molecule has 0 saturated carbocycles. The van der Waals surface area contributed by atoms with Crippen LogP contribution in [0.15, 0.2) is 40.8 Å². The maximum absolute atomic E-state index is 14.7. The molecule has 0 aliphatic carbocycles. The number of carbonyl (C=O) groups is 1. The van der Waals surface area contributed by atoms with Crippen LogP contribution < -0.4 is 20.3 Å². The van der Waals surface area contributed by atoms with E-state index in [2.05, 4.69) is 25.6 Å². The Hall–Kier alpha value is -3.90. The van der Waals surface area contributed by atoms with E-state index in [0.717, 1.165) is 12.1 Å². The Balaban J connectivity index is 1.18. The van der Waals surface area contributed by atoms with E-state index in [1.807, 2.05) is 0 Å². The third kappa shape index (κ3) is 5.04. The lowest BCUT2D eigenvalue weighted by atomic mass is 9.89. The van der Waals surface area contributed by atoms with Gasteiger partial charge >= 0.3 is 12.4 Å². The molecule has 36 heavy (non-hydrogen) atoms. The summed E-state index contributed by atoms with van der Waals surface area (Å²) in [5.41, 5.74) is 0.552. The van der Waals surface area contributed by atoms with Gasteiger partial charge in [0.05, 0.1) is 12.0 Å². The number of ether oxygens (including phenoxy) is 1. The molecule has 3 heterocycles. The van der Waals surface area contributed by atoms with Crippen LogP contribution in [-0.4, -0.2) is 48.1 Å². The molecular formula is C23H20F5N5O3. The van der Waals surface area contributed by atoms with Crippen LogP contribution in [0.4, 0.5) is 33.7 Å². The topological polar surface area (TPSA) is 92.5 Å². The van der Waals surface area contributed by atoms with E-state index in [4.69, 9.17) is 4.42 Å². The number of alkyl halides is 3. The van der Waals surface area contributed by atoms with Gasteiger partial charge in [-0.2, -0.15) is 0 Å². The molecule has 0 radical (unpaired) electrons. The lowest BCUT2D eigenvalue weighted by Crippen LogP contribution is -2.55. The van der Waals surface area contributed by atoms with Gasteiger partial charge in [0.25, 0.3) is 0 Å². The van der Waals surface area contributed by atoms with Crippen LogP contribution in [0.5, 0.6) is 5.75 Å². The van der Waals surface area contributed by atoms with Crippen molar-refractivity contribution in [1.29, 1.82) is 0 Å². The number of anilines is 2. The number of halogens is 5. The average Bonchev–Trinajstić information content (AvgIpc) is 3.25. The summed E-state index contributed by atoms with van der Waals surface area (Å²) in [6.45, 7) is 1.32. The van der Waals surface area contributed by atoms with Gasteiger partial charge in [0.1, 0.15) is 17.4 Å². The van der Waals surface area contributed by atoms with Crippen LogP contribution >= 0.6 is 0 Å². The molecule has 2 N–H and O–H groups in total. The number of hydrogen-bond donors (Lipinski definition) is 2. The standard InChI is InChI=1S/C23H20F5N5O3/c24-17-8-14(9-18(25)19(17)16-2-1-7-29-20(16)34)33-10-13(11-33)30-22-32-31-21(35-22)12-3-5-15(6-4-12)36-23(26,27)28/h3-6,8-9,13,16H,1-2,7,10-11H2,(H,29,34)(H,30,32). The van der Waals surface area contributed by atoms with E-state index in [1.54, 1.807) is 4.90 Å². The van der Waals surface area contributed by atoms with Crippen LogP contribution in [0, 0.1) is 11.6 Å². The Morgan fingerprint density at radius 3 is 2.42 bits per heavy atom. The van der Waals surface area contributed by atoms with Crippen molar-refractivity contribution in [3.63, 3.8) is 0 Å². The Bertz CT molecular complexity index is 1230. The highest BCUT2D eigenvalue weighted by molar-refractivity contribution is 5.84. The van der Waals surface area contributed by atoms with Crippen LogP contribution in [0.2, 0.25) is 0 Å². The summed E-state index contributed by atoms with van der Waals surface area (Å²) in [4.78, 5) is 13.8. The number of piperidine rings is 1. The maximum atomic E-state index is 14.7. The summed E-state index contributed by atoms with van der Waals surface area (Å²) in [5.74, 6) is -2.99. The van der Waals surface area contributed by atoms with Crippen molar-refractivity contribution in [1.82, 2.24) is 15.5 Å². The predicted octanol–water partition coefficient (Wildman–Crippen LogP) is 4.21. The molecule has 190 valence electrons. The molecule has 0 spiro atoms. The molecule has 5 rings (SSSR count). The largest absolute Gasteiger partial charge is 0.573 e. The molecule has 2 fully saturated rings. The zero-order valence-electron chi connectivity index (χ0n) is 18.6. The number of hydrogen-bond acceptors (Lipinski definition) is 7. The number of benzene rings is 2. The quantitative estimate of drug-likeness (QED) is 0.481. The SMILES string of the molecule is O=C1NCCCC1c1c(F)cc(N2CC(Nc3nnc(-c4ccc(OC(F)(F)F)cc4)o3)C2)cc1F. The van der Waals surface area contributed by atoms with Gasteiger partial charge in [0, 0.05) is 36.4 Å². The lowest BCUT2D eigenvalue weighted by Gasteiger charge is -2.41. The van der Waals surface area contributed by atoms with Gasteiger partial charge in [-0.1, -0.05) is 5.10 Å². The molecule has 3 aromatic rings. The molecule has 1 aromatic heterocycles. The van der Waals surface area contributed by atoms with Crippen molar-refractivity contribution in [2.75, 3.05) is 29.9 Å². The molecule has 13 heteroatoms. The molecule has 2 aliphatic rings. The van der Waals surface area contributed by atoms with Gasteiger partial charge in [-0.05, 0) is 49.2 Å². The van der Waals surface area contributed by atoms with Gasteiger partial charge in [-0.15, -0.1) is 18.3 Å². The molecular weight excluding hydrogens is 489 g/mol. The highest BCUT2D eigenvalue weighted by atomic mass is 19.4. The summed E-state index contributed by atoms with van der Waals surface area (Å²) in [6.07, 6.45) is -3.73. The Kier molecular flexibility index (Phi) is 6.14. The maximum Gasteiger partial charge on any atom is 0.573 e. The van der Waals surface area contributed by atoms with Crippen molar-refractivity contribution < 1.29 is 35.9 Å². The first-order chi connectivity index (χ1) is 17.2. The minimum atomic E-state index is -4.79. The molecule has 1 amide bonds. The first-order valence-corrected chi connectivity index (χ1v) is 11.1. The summed E-state index contributed by atoms with van der Waals surface area (Å²) in [7, 11) is 0. The zero-order chi connectivity index (χ0) is 25.4. The summed E-state index contributed by atoms with van der Waals surface area (Å²) in [5, 5.41) is 13.4. The number of carbonyl (C=O) groups excluding carboxylic acids is 1. The number of nitrogens with one attached hydrogen (secondary N) is 2. The van der Waals surface area contributed by atoms with Crippen molar-refractivity contribution >= 4 is 17.6 Å². The van der Waals surface area contributed by atoms with E-state index in [9.17, 15) is 26.7 Å². The van der Waals surface area contributed by atoms with Crippen LogP contribution in [0.25, 0.3) is 11.5 Å². The Morgan fingerprint density at radius 2 is 1.78 bits per heavy atom.